The minimum absolute atomic E-state index is 0.400. The lowest BCUT2D eigenvalue weighted by Crippen LogP contribution is -2.29. The summed E-state index contributed by atoms with van der Waals surface area (Å²) in [6, 6.07) is 42.1. The van der Waals surface area contributed by atoms with Gasteiger partial charge in [-0.1, -0.05) is 72.8 Å². The smallest absolute Gasteiger partial charge is 0.0727 e. The normalized spacial score (nSPS) is 14.7. The van der Waals surface area contributed by atoms with Crippen LogP contribution in [0.5, 0.6) is 0 Å². The van der Waals surface area contributed by atoms with Gasteiger partial charge in [0.25, 0.3) is 0 Å². The molecular formula is C37H18S3. The first-order valence-corrected chi connectivity index (χ1v) is 16.1. The number of thiophene rings is 3. The van der Waals surface area contributed by atoms with Crippen LogP contribution in [0.2, 0.25) is 0 Å². The van der Waals surface area contributed by atoms with Gasteiger partial charge in [-0.15, -0.1) is 34.0 Å². The maximum Gasteiger partial charge on any atom is 0.0727 e. The lowest BCUT2D eigenvalue weighted by molar-refractivity contribution is 0.789. The van der Waals surface area contributed by atoms with Crippen molar-refractivity contribution in [3.63, 3.8) is 0 Å². The maximum atomic E-state index is 2.44. The van der Waals surface area contributed by atoms with Gasteiger partial charge in [0, 0.05) is 60.5 Å². The third-order valence-electron chi connectivity index (χ3n) is 9.47. The van der Waals surface area contributed by atoms with Crippen molar-refractivity contribution < 1.29 is 0 Å². The SMILES string of the molecule is c1cc2c3c(c1)sc1cccc(c13)C1(c3cccc4sc5cccc-2c5c34)c2cccc3sc4cccc1c4c23. The van der Waals surface area contributed by atoms with Crippen molar-refractivity contribution in [3.05, 3.63) is 131 Å². The van der Waals surface area contributed by atoms with E-state index in [0.29, 0.717) is 0 Å². The van der Waals surface area contributed by atoms with Gasteiger partial charge in [0.1, 0.15) is 0 Å². The van der Waals surface area contributed by atoms with Crippen molar-refractivity contribution in [1.82, 2.24) is 0 Å². The van der Waals surface area contributed by atoms with Crippen LogP contribution in [0.1, 0.15) is 22.3 Å². The van der Waals surface area contributed by atoms with E-state index in [1.54, 1.807) is 0 Å². The van der Waals surface area contributed by atoms with Gasteiger partial charge in [-0.2, -0.15) is 0 Å². The van der Waals surface area contributed by atoms with Crippen molar-refractivity contribution in [3.8, 4) is 11.1 Å². The highest BCUT2D eigenvalue weighted by Crippen LogP contribution is 2.62. The molecule has 0 aliphatic heterocycles. The highest BCUT2D eigenvalue weighted by Gasteiger charge is 2.48. The molecule has 184 valence electrons. The first-order chi connectivity index (χ1) is 19.8. The van der Waals surface area contributed by atoms with E-state index in [0.717, 1.165) is 0 Å². The summed E-state index contributed by atoms with van der Waals surface area (Å²) in [6.45, 7) is 0. The summed E-state index contributed by atoms with van der Waals surface area (Å²) in [7, 11) is 0. The van der Waals surface area contributed by atoms with Crippen LogP contribution in [0, 0.1) is 0 Å². The predicted molar refractivity (Wildman–Crippen MR) is 176 cm³/mol. The molecule has 0 N–H and O–H groups in total. The van der Waals surface area contributed by atoms with Crippen LogP contribution >= 0.6 is 34.0 Å². The molecule has 0 bridgehead atoms. The van der Waals surface area contributed by atoms with Gasteiger partial charge in [0.2, 0.25) is 0 Å². The van der Waals surface area contributed by atoms with Crippen molar-refractivity contribution in [2.75, 3.05) is 0 Å². The Hall–Kier alpha value is -4.02. The zero-order chi connectivity index (χ0) is 25.7. The summed E-state index contributed by atoms with van der Waals surface area (Å²) in [5.41, 5.74) is 8.03. The third kappa shape index (κ3) is 2.12. The zero-order valence-electron chi connectivity index (χ0n) is 21.1. The molecule has 40 heavy (non-hydrogen) atoms. The van der Waals surface area contributed by atoms with E-state index in [1.807, 2.05) is 34.0 Å². The molecule has 0 unspecified atom stereocenters. The first kappa shape index (κ1) is 20.8. The molecule has 1 spiro atoms. The summed E-state index contributed by atoms with van der Waals surface area (Å²) in [6.07, 6.45) is 0. The Morgan fingerprint density at radius 3 is 0.925 bits per heavy atom. The molecule has 11 rings (SSSR count). The van der Waals surface area contributed by atoms with Gasteiger partial charge in [0.05, 0.1) is 5.41 Å². The van der Waals surface area contributed by atoms with Crippen molar-refractivity contribution in [1.29, 1.82) is 0 Å². The standard InChI is InChI=1S/C37H18S3/c1-7-19-20-8-2-14-26-32(20)34-22(10-4-16-28(34)39-26)37(21-9-3-15-27-33(21)31(19)25(13-1)38-27)23-11-5-17-29-35(23)36-24(37)12-6-18-30(36)40-29/h1-18H. The van der Waals surface area contributed by atoms with E-state index in [9.17, 15) is 0 Å². The van der Waals surface area contributed by atoms with Crippen molar-refractivity contribution in [2.45, 2.75) is 5.41 Å². The Kier molecular flexibility index (Phi) is 3.55. The highest BCUT2D eigenvalue weighted by atomic mass is 32.1. The molecule has 0 radical (unpaired) electrons. The third-order valence-corrected chi connectivity index (χ3v) is 12.8. The van der Waals surface area contributed by atoms with E-state index in [4.69, 9.17) is 0 Å². The zero-order valence-corrected chi connectivity index (χ0v) is 23.6. The lowest BCUT2D eigenvalue weighted by atomic mass is 9.65. The molecule has 3 aromatic heterocycles. The number of rotatable bonds is 0. The summed E-state index contributed by atoms with van der Waals surface area (Å²) in [5.74, 6) is 0. The molecule has 0 amide bonds. The molecule has 3 heterocycles. The summed E-state index contributed by atoms with van der Waals surface area (Å²) in [5, 5.41) is 8.56. The largest absolute Gasteiger partial charge is 0.135 e. The van der Waals surface area contributed by atoms with Crippen molar-refractivity contribution in [2.24, 2.45) is 0 Å². The van der Waals surface area contributed by atoms with Crippen LogP contribution in [0.4, 0.5) is 0 Å². The Bertz CT molecular complexity index is 2420. The minimum Gasteiger partial charge on any atom is -0.135 e. The second kappa shape index (κ2) is 6.82. The number of fused-ring (bicyclic) bond motifs is 5. The van der Waals surface area contributed by atoms with Gasteiger partial charge in [0.15, 0.2) is 0 Å². The van der Waals surface area contributed by atoms with Crippen LogP contribution in [-0.2, 0) is 5.41 Å². The molecule has 2 aliphatic carbocycles. The van der Waals surface area contributed by atoms with E-state index in [-0.39, 0.29) is 0 Å². The van der Waals surface area contributed by atoms with Gasteiger partial charge in [-0.3, -0.25) is 0 Å². The van der Waals surface area contributed by atoms with Crippen LogP contribution in [0.25, 0.3) is 71.6 Å². The monoisotopic (exact) mass is 558 g/mol. The van der Waals surface area contributed by atoms with Gasteiger partial charge >= 0.3 is 0 Å². The van der Waals surface area contributed by atoms with Crippen LogP contribution in [0.3, 0.4) is 0 Å². The molecule has 6 aromatic carbocycles. The molecule has 0 fully saturated rings. The fourth-order valence-electron chi connectivity index (χ4n) is 8.17. The molecule has 0 saturated carbocycles. The summed E-state index contributed by atoms with van der Waals surface area (Å²) >= 11 is 5.81. The second-order valence-corrected chi connectivity index (χ2v) is 14.4. The highest BCUT2D eigenvalue weighted by molar-refractivity contribution is 7.27. The molecular weight excluding hydrogens is 541 g/mol. The van der Waals surface area contributed by atoms with Crippen molar-refractivity contribution >= 4 is 94.5 Å². The first-order valence-electron chi connectivity index (χ1n) is 13.7. The Labute approximate surface area is 241 Å². The fraction of sp³-hybridized carbons (Fsp3) is 0.0270. The lowest BCUT2D eigenvalue weighted by Gasteiger charge is -2.35. The average Bonchev–Trinajstić information content (AvgIpc) is 3.74. The van der Waals surface area contributed by atoms with Crippen LogP contribution in [0.15, 0.2) is 109 Å². The number of benzene rings is 6. The van der Waals surface area contributed by atoms with E-state index in [1.165, 1.54) is 93.9 Å². The maximum absolute atomic E-state index is 2.44. The quantitative estimate of drug-likeness (QED) is 0.174. The predicted octanol–water partition coefficient (Wildman–Crippen LogP) is 11.5. The molecule has 9 aromatic rings. The van der Waals surface area contributed by atoms with Crippen LogP contribution in [-0.4, -0.2) is 0 Å². The minimum atomic E-state index is -0.400. The molecule has 2 aliphatic rings. The van der Waals surface area contributed by atoms with Gasteiger partial charge in [-0.25, -0.2) is 0 Å². The summed E-state index contributed by atoms with van der Waals surface area (Å²) < 4.78 is 8.26. The van der Waals surface area contributed by atoms with E-state index >= 15 is 0 Å². The average molecular weight is 559 g/mol. The molecule has 0 nitrogen and oxygen atoms in total. The summed E-state index contributed by atoms with van der Waals surface area (Å²) in [4.78, 5) is 0. The van der Waals surface area contributed by atoms with Gasteiger partial charge in [-0.05, 0) is 69.8 Å². The Morgan fingerprint density at radius 1 is 0.300 bits per heavy atom. The molecule has 0 atom stereocenters. The Balaban J connectivity index is 1.55. The fourth-order valence-corrected chi connectivity index (χ4v) is 11.6. The number of hydrogen-bond donors (Lipinski definition) is 0. The second-order valence-electron chi connectivity index (χ2n) is 11.1. The van der Waals surface area contributed by atoms with Gasteiger partial charge < -0.3 is 0 Å². The Morgan fingerprint density at radius 2 is 0.575 bits per heavy atom. The van der Waals surface area contributed by atoms with Crippen LogP contribution < -0.4 is 0 Å². The molecule has 0 saturated heterocycles. The molecule has 3 heteroatoms. The van der Waals surface area contributed by atoms with E-state index in [2.05, 4.69) is 109 Å². The topological polar surface area (TPSA) is 0 Å². The van der Waals surface area contributed by atoms with E-state index < -0.39 is 5.41 Å². The number of hydrogen-bond acceptors (Lipinski definition) is 3.